The topological polar surface area (TPSA) is 90.1 Å². The van der Waals surface area contributed by atoms with Crippen LogP contribution in [0.2, 0.25) is 0 Å². The molecular formula is C6H9N3O3. The molecule has 0 aliphatic carbocycles. The van der Waals surface area contributed by atoms with Crippen LogP contribution >= 0.6 is 0 Å². The van der Waals surface area contributed by atoms with Gasteiger partial charge in [-0.05, 0) is 0 Å². The number of nitrogens with zero attached hydrogens (tertiary/aromatic N) is 1. The van der Waals surface area contributed by atoms with E-state index in [4.69, 9.17) is 5.73 Å². The molecule has 0 aromatic carbocycles. The molecule has 0 saturated carbocycles. The number of nitrogens with two attached hydrogens (primary N) is 1. The fraction of sp³-hybridized carbons (Fsp3) is 0.333. The van der Waals surface area contributed by atoms with Gasteiger partial charge in [-0.1, -0.05) is 0 Å². The Kier molecular flexibility index (Phi) is 1.90. The number of H-pyrrole nitrogens is 1. The summed E-state index contributed by atoms with van der Waals surface area (Å²) in [5.74, 6) is -0.0947. The van der Waals surface area contributed by atoms with E-state index in [0.29, 0.717) is 0 Å². The molecule has 0 aliphatic rings. The van der Waals surface area contributed by atoms with E-state index in [0.717, 1.165) is 4.57 Å². The van der Waals surface area contributed by atoms with Gasteiger partial charge in [0.2, 0.25) is 5.75 Å². The summed E-state index contributed by atoms with van der Waals surface area (Å²) in [5.41, 5.74) is 4.21. The summed E-state index contributed by atoms with van der Waals surface area (Å²) < 4.78 is 5.57. The van der Waals surface area contributed by atoms with Crippen LogP contribution in [0.25, 0.3) is 0 Å². The van der Waals surface area contributed by atoms with Crippen molar-refractivity contribution < 1.29 is 4.74 Å². The Hall–Kier alpha value is -1.72. The van der Waals surface area contributed by atoms with Crippen molar-refractivity contribution >= 4 is 5.82 Å². The molecule has 66 valence electrons. The summed E-state index contributed by atoms with van der Waals surface area (Å²) in [6.45, 7) is 0. The highest BCUT2D eigenvalue weighted by molar-refractivity contribution is 5.42. The third kappa shape index (κ3) is 1.07. The third-order valence-corrected chi connectivity index (χ3v) is 1.49. The SMILES string of the molecule is COc1c(N)[nH]c(=O)n(C)c1=O. The lowest BCUT2D eigenvalue weighted by atomic mass is 10.5. The first-order chi connectivity index (χ1) is 5.57. The van der Waals surface area contributed by atoms with Crippen LogP contribution in [-0.2, 0) is 7.05 Å². The van der Waals surface area contributed by atoms with E-state index in [2.05, 4.69) is 9.72 Å². The largest absolute Gasteiger partial charge is 0.489 e. The Labute approximate surface area is 67.6 Å². The van der Waals surface area contributed by atoms with Crippen LogP contribution in [0.1, 0.15) is 0 Å². The first kappa shape index (κ1) is 8.38. The first-order valence-corrected chi connectivity index (χ1v) is 3.20. The van der Waals surface area contributed by atoms with E-state index in [1.54, 1.807) is 0 Å². The lowest BCUT2D eigenvalue weighted by Gasteiger charge is -2.03. The second kappa shape index (κ2) is 2.72. The minimum Gasteiger partial charge on any atom is -0.489 e. The zero-order chi connectivity index (χ0) is 9.30. The Morgan fingerprint density at radius 2 is 2.08 bits per heavy atom. The number of anilines is 1. The highest BCUT2D eigenvalue weighted by atomic mass is 16.5. The fourth-order valence-corrected chi connectivity index (χ4v) is 0.813. The molecule has 0 unspecified atom stereocenters. The average molecular weight is 171 g/mol. The van der Waals surface area contributed by atoms with Gasteiger partial charge in [-0.2, -0.15) is 0 Å². The molecule has 1 heterocycles. The van der Waals surface area contributed by atoms with E-state index < -0.39 is 11.2 Å². The number of methoxy groups -OCH3 is 1. The maximum Gasteiger partial charge on any atom is 0.329 e. The van der Waals surface area contributed by atoms with Crippen LogP contribution in [0.3, 0.4) is 0 Å². The van der Waals surface area contributed by atoms with Crippen molar-refractivity contribution in [3.05, 3.63) is 20.8 Å². The molecule has 0 spiro atoms. The molecule has 0 bridgehead atoms. The molecule has 3 N–H and O–H groups in total. The van der Waals surface area contributed by atoms with Gasteiger partial charge in [0.25, 0.3) is 0 Å². The molecule has 0 fully saturated rings. The van der Waals surface area contributed by atoms with Gasteiger partial charge in [0.1, 0.15) is 0 Å². The van der Waals surface area contributed by atoms with Gasteiger partial charge >= 0.3 is 11.2 Å². The van der Waals surface area contributed by atoms with E-state index >= 15 is 0 Å². The summed E-state index contributed by atoms with van der Waals surface area (Å²) in [5, 5.41) is 0. The van der Waals surface area contributed by atoms with Gasteiger partial charge in [-0.25, -0.2) is 4.79 Å². The molecule has 0 amide bonds. The monoisotopic (exact) mass is 171 g/mol. The van der Waals surface area contributed by atoms with E-state index in [-0.39, 0.29) is 11.6 Å². The van der Waals surface area contributed by atoms with Crippen molar-refractivity contribution in [3.8, 4) is 5.75 Å². The van der Waals surface area contributed by atoms with Gasteiger partial charge in [-0.15, -0.1) is 0 Å². The number of hydrogen-bond donors (Lipinski definition) is 2. The van der Waals surface area contributed by atoms with Crippen molar-refractivity contribution in [1.29, 1.82) is 0 Å². The lowest BCUT2D eigenvalue weighted by molar-refractivity contribution is 0.403. The molecule has 1 rings (SSSR count). The summed E-state index contributed by atoms with van der Waals surface area (Å²) in [4.78, 5) is 24.3. The van der Waals surface area contributed by atoms with E-state index in [1.807, 2.05) is 0 Å². The highest BCUT2D eigenvalue weighted by Crippen LogP contribution is 2.07. The van der Waals surface area contributed by atoms with Gasteiger partial charge in [0, 0.05) is 7.05 Å². The van der Waals surface area contributed by atoms with E-state index in [1.165, 1.54) is 14.2 Å². The van der Waals surface area contributed by atoms with Crippen molar-refractivity contribution in [3.63, 3.8) is 0 Å². The zero-order valence-electron chi connectivity index (χ0n) is 6.75. The maximum atomic E-state index is 11.2. The predicted molar refractivity (Wildman–Crippen MR) is 43.3 cm³/mol. The summed E-state index contributed by atoms with van der Waals surface area (Å²) in [7, 11) is 2.65. The van der Waals surface area contributed by atoms with Crippen LogP contribution in [0, 0.1) is 0 Å². The molecule has 6 heteroatoms. The van der Waals surface area contributed by atoms with Gasteiger partial charge < -0.3 is 10.5 Å². The quantitative estimate of drug-likeness (QED) is 0.547. The number of aromatic amines is 1. The highest BCUT2D eigenvalue weighted by Gasteiger charge is 2.08. The summed E-state index contributed by atoms with van der Waals surface area (Å²) in [6, 6.07) is 0. The smallest absolute Gasteiger partial charge is 0.329 e. The molecule has 0 aliphatic heterocycles. The van der Waals surface area contributed by atoms with Crippen molar-refractivity contribution in [1.82, 2.24) is 9.55 Å². The minimum atomic E-state index is -0.557. The van der Waals surface area contributed by atoms with Crippen molar-refractivity contribution in [2.45, 2.75) is 0 Å². The number of rotatable bonds is 1. The van der Waals surface area contributed by atoms with Crippen LogP contribution < -0.4 is 21.7 Å². The summed E-state index contributed by atoms with van der Waals surface area (Å²) >= 11 is 0. The average Bonchev–Trinajstić information content (AvgIpc) is 2.01. The van der Waals surface area contributed by atoms with Crippen LogP contribution in [0.4, 0.5) is 5.82 Å². The van der Waals surface area contributed by atoms with Crippen LogP contribution in [0.5, 0.6) is 5.75 Å². The van der Waals surface area contributed by atoms with Crippen molar-refractivity contribution in [2.75, 3.05) is 12.8 Å². The van der Waals surface area contributed by atoms with Gasteiger partial charge in [0.15, 0.2) is 5.82 Å². The molecule has 6 nitrogen and oxygen atoms in total. The predicted octanol–water partition coefficient (Wildman–Crippen LogP) is -1.34. The molecule has 12 heavy (non-hydrogen) atoms. The lowest BCUT2D eigenvalue weighted by Crippen LogP contribution is -2.34. The molecule has 0 saturated heterocycles. The van der Waals surface area contributed by atoms with Gasteiger partial charge in [0.05, 0.1) is 7.11 Å². The molecule has 1 aromatic heterocycles. The minimum absolute atomic E-state index is 0.0444. The Morgan fingerprint density at radius 1 is 1.50 bits per heavy atom. The zero-order valence-corrected chi connectivity index (χ0v) is 6.75. The normalized spacial score (nSPS) is 9.83. The van der Waals surface area contributed by atoms with Crippen molar-refractivity contribution in [2.24, 2.45) is 7.05 Å². The fourth-order valence-electron chi connectivity index (χ4n) is 0.813. The number of hydrogen-bond acceptors (Lipinski definition) is 4. The molecule has 0 radical (unpaired) electrons. The third-order valence-electron chi connectivity index (χ3n) is 1.49. The number of nitrogen functional groups attached to an aromatic ring is 1. The van der Waals surface area contributed by atoms with Gasteiger partial charge in [-0.3, -0.25) is 14.3 Å². The maximum absolute atomic E-state index is 11.2. The standard InChI is InChI=1S/C6H9N3O3/c1-9-5(10)3(12-2)4(7)8-6(9)11/h7H2,1-2H3,(H,8,11). The van der Waals surface area contributed by atoms with Crippen LogP contribution in [-0.4, -0.2) is 16.7 Å². The molecular weight excluding hydrogens is 162 g/mol. The number of nitrogens with one attached hydrogen (secondary N) is 1. The summed E-state index contributed by atoms with van der Waals surface area (Å²) in [6.07, 6.45) is 0. The number of aromatic nitrogens is 2. The Morgan fingerprint density at radius 3 is 2.58 bits per heavy atom. The Balaban J connectivity index is 3.63. The first-order valence-electron chi connectivity index (χ1n) is 3.20. The second-order valence-corrected chi connectivity index (χ2v) is 2.24. The second-order valence-electron chi connectivity index (χ2n) is 2.24. The van der Waals surface area contributed by atoms with E-state index in [9.17, 15) is 9.59 Å². The Bertz CT molecular complexity index is 403. The number of ether oxygens (including phenoxy) is 1. The molecule has 0 atom stereocenters. The van der Waals surface area contributed by atoms with Crippen LogP contribution in [0.15, 0.2) is 9.59 Å². The molecule has 1 aromatic rings.